The van der Waals surface area contributed by atoms with E-state index in [2.05, 4.69) is 15.7 Å². The van der Waals surface area contributed by atoms with Crippen molar-refractivity contribution >= 4 is 40.3 Å². The van der Waals surface area contributed by atoms with Crippen LogP contribution in [0.1, 0.15) is 11.1 Å². The fourth-order valence-corrected chi connectivity index (χ4v) is 2.92. The zero-order valence-corrected chi connectivity index (χ0v) is 15.7. The molecule has 0 unspecified atom stereocenters. The van der Waals surface area contributed by atoms with E-state index in [9.17, 15) is 17.6 Å². The number of thiocarbonyl (C=S) groups is 1. The smallest absolute Gasteiger partial charge is 0.332 e. The summed E-state index contributed by atoms with van der Waals surface area (Å²) >= 11 is 11.1. The van der Waals surface area contributed by atoms with Crippen LogP contribution in [0.3, 0.4) is 0 Å². The lowest BCUT2D eigenvalue weighted by molar-refractivity contribution is -0.136. The summed E-state index contributed by atoms with van der Waals surface area (Å²) in [6, 6.07) is 9.08. The number of benzene rings is 2. The van der Waals surface area contributed by atoms with E-state index in [1.165, 1.54) is 41.2 Å². The highest BCUT2D eigenvalue weighted by atomic mass is 35.5. The van der Waals surface area contributed by atoms with Gasteiger partial charge in [-0.2, -0.15) is 18.3 Å². The first kappa shape index (κ1) is 20.1. The van der Waals surface area contributed by atoms with Crippen LogP contribution < -0.4 is 10.6 Å². The molecule has 0 amide bonds. The Hall–Kier alpha value is -2.65. The lowest BCUT2D eigenvalue weighted by Crippen LogP contribution is -2.21. The zero-order chi connectivity index (χ0) is 20.3. The Morgan fingerprint density at radius 3 is 2.61 bits per heavy atom. The summed E-state index contributed by atoms with van der Waals surface area (Å²) in [5.41, 5.74) is 0.163. The van der Waals surface area contributed by atoms with Crippen molar-refractivity contribution in [3.63, 3.8) is 0 Å². The highest BCUT2D eigenvalue weighted by Crippen LogP contribution is 2.34. The molecule has 0 bridgehead atoms. The Balaban J connectivity index is 1.66. The van der Waals surface area contributed by atoms with Crippen LogP contribution in [0.15, 0.2) is 54.9 Å². The molecule has 0 spiro atoms. The fraction of sp³-hybridized carbons (Fsp3) is 0.111. The second-order valence-corrected chi connectivity index (χ2v) is 6.60. The number of para-hydroxylation sites is 1. The van der Waals surface area contributed by atoms with Gasteiger partial charge in [0.05, 0.1) is 29.7 Å². The first-order chi connectivity index (χ1) is 13.2. The number of nitrogens with zero attached hydrogens (tertiary/aromatic N) is 2. The maximum absolute atomic E-state index is 13.1. The van der Waals surface area contributed by atoms with Crippen molar-refractivity contribution in [2.24, 2.45) is 0 Å². The van der Waals surface area contributed by atoms with Crippen LogP contribution in [-0.2, 0) is 12.7 Å². The molecule has 2 N–H and O–H groups in total. The molecule has 3 aromatic rings. The Labute approximate surface area is 168 Å². The van der Waals surface area contributed by atoms with Crippen molar-refractivity contribution in [1.29, 1.82) is 0 Å². The zero-order valence-electron chi connectivity index (χ0n) is 14.1. The van der Waals surface area contributed by atoms with Crippen molar-refractivity contribution < 1.29 is 17.6 Å². The Bertz CT molecular complexity index is 1000. The van der Waals surface area contributed by atoms with Gasteiger partial charge >= 0.3 is 6.18 Å². The van der Waals surface area contributed by atoms with E-state index in [4.69, 9.17) is 23.8 Å². The monoisotopic (exact) mass is 428 g/mol. The van der Waals surface area contributed by atoms with Crippen LogP contribution >= 0.6 is 23.8 Å². The summed E-state index contributed by atoms with van der Waals surface area (Å²) in [6.45, 7) is 0.290. The van der Waals surface area contributed by atoms with Crippen LogP contribution in [0.2, 0.25) is 5.02 Å². The Morgan fingerprint density at radius 2 is 1.89 bits per heavy atom. The maximum atomic E-state index is 13.1. The van der Waals surface area contributed by atoms with Crippen molar-refractivity contribution in [3.8, 4) is 0 Å². The average Bonchev–Trinajstić information content (AvgIpc) is 3.04. The summed E-state index contributed by atoms with van der Waals surface area (Å²) < 4.78 is 53.8. The maximum Gasteiger partial charge on any atom is 0.418 e. The van der Waals surface area contributed by atoms with Crippen LogP contribution in [0.5, 0.6) is 0 Å². The first-order valence-corrected chi connectivity index (χ1v) is 8.71. The summed E-state index contributed by atoms with van der Waals surface area (Å²) in [4.78, 5) is 0. The summed E-state index contributed by atoms with van der Waals surface area (Å²) in [5.74, 6) is -0.438. The number of aromatic nitrogens is 2. The van der Waals surface area contributed by atoms with Crippen LogP contribution in [0.25, 0.3) is 0 Å². The fourth-order valence-electron chi connectivity index (χ4n) is 2.46. The number of rotatable bonds is 4. The number of nitrogens with one attached hydrogen (secondary N) is 2. The normalized spacial score (nSPS) is 11.3. The van der Waals surface area contributed by atoms with Gasteiger partial charge in [-0.25, -0.2) is 4.39 Å². The third kappa shape index (κ3) is 4.99. The molecule has 1 heterocycles. The minimum absolute atomic E-state index is 0.0175. The Kier molecular flexibility index (Phi) is 5.85. The van der Waals surface area contributed by atoms with Gasteiger partial charge in [-0.3, -0.25) is 4.68 Å². The Morgan fingerprint density at radius 1 is 1.14 bits per heavy atom. The molecule has 1 aromatic heterocycles. The predicted octanol–water partition coefficient (Wildman–Crippen LogP) is 5.55. The molecule has 0 saturated heterocycles. The molecule has 0 saturated carbocycles. The van der Waals surface area contributed by atoms with Gasteiger partial charge in [0, 0.05) is 11.2 Å². The van der Waals surface area contributed by atoms with Gasteiger partial charge in [-0.15, -0.1) is 0 Å². The average molecular weight is 429 g/mol. The molecule has 0 aliphatic heterocycles. The van der Waals surface area contributed by atoms with E-state index in [-0.39, 0.29) is 22.4 Å². The number of alkyl halides is 3. The lowest BCUT2D eigenvalue weighted by atomic mass is 10.1. The number of hydrogen-bond acceptors (Lipinski definition) is 2. The third-order valence-corrected chi connectivity index (χ3v) is 4.28. The lowest BCUT2D eigenvalue weighted by Gasteiger charge is -2.15. The van der Waals surface area contributed by atoms with Gasteiger partial charge in [-0.05, 0) is 42.0 Å². The van der Waals surface area contributed by atoms with E-state index in [1.807, 2.05) is 0 Å². The van der Waals surface area contributed by atoms with Gasteiger partial charge in [0.15, 0.2) is 5.11 Å². The molecule has 0 aliphatic rings. The van der Waals surface area contributed by atoms with Gasteiger partial charge < -0.3 is 10.6 Å². The summed E-state index contributed by atoms with van der Waals surface area (Å²) in [5, 5.41) is 9.69. The second kappa shape index (κ2) is 8.15. The molecule has 0 aliphatic carbocycles. The van der Waals surface area contributed by atoms with Crippen molar-refractivity contribution in [2.45, 2.75) is 12.7 Å². The molecule has 3 rings (SSSR count). The molecule has 4 nitrogen and oxygen atoms in total. The van der Waals surface area contributed by atoms with E-state index >= 15 is 0 Å². The second-order valence-electron chi connectivity index (χ2n) is 5.78. The quantitative estimate of drug-likeness (QED) is 0.422. The minimum Gasteiger partial charge on any atom is -0.332 e. The van der Waals surface area contributed by atoms with Gasteiger partial charge in [0.2, 0.25) is 0 Å². The minimum atomic E-state index is -4.50. The molecule has 28 heavy (non-hydrogen) atoms. The number of hydrogen-bond donors (Lipinski definition) is 2. The van der Waals surface area contributed by atoms with Crippen LogP contribution in [0.4, 0.5) is 28.9 Å². The molecule has 2 aromatic carbocycles. The van der Waals surface area contributed by atoms with E-state index in [1.54, 1.807) is 12.3 Å². The van der Waals surface area contributed by atoms with Crippen molar-refractivity contribution in [3.05, 3.63) is 76.8 Å². The predicted molar refractivity (Wildman–Crippen MR) is 104 cm³/mol. The SMILES string of the molecule is Fc1ccc(Cn2cc(NC(=S)Nc3ccccc3C(F)(F)F)cn2)c(Cl)c1. The van der Waals surface area contributed by atoms with Crippen molar-refractivity contribution in [2.75, 3.05) is 10.6 Å². The molecular formula is C18H13ClF4N4S. The van der Waals surface area contributed by atoms with E-state index < -0.39 is 17.6 Å². The van der Waals surface area contributed by atoms with Gasteiger partial charge in [-0.1, -0.05) is 29.8 Å². The highest BCUT2D eigenvalue weighted by molar-refractivity contribution is 7.80. The van der Waals surface area contributed by atoms with Crippen LogP contribution in [-0.4, -0.2) is 14.9 Å². The third-order valence-electron chi connectivity index (χ3n) is 3.72. The molecular weight excluding hydrogens is 416 g/mol. The molecule has 10 heteroatoms. The van der Waals surface area contributed by atoms with Crippen LogP contribution in [0, 0.1) is 5.82 Å². The van der Waals surface area contributed by atoms with E-state index in [0.717, 1.165) is 6.07 Å². The number of anilines is 2. The highest BCUT2D eigenvalue weighted by Gasteiger charge is 2.33. The summed E-state index contributed by atoms with van der Waals surface area (Å²) in [7, 11) is 0. The molecule has 0 fully saturated rings. The summed E-state index contributed by atoms with van der Waals surface area (Å²) in [6.07, 6.45) is -1.44. The molecule has 0 atom stereocenters. The number of halogens is 5. The molecule has 0 radical (unpaired) electrons. The first-order valence-electron chi connectivity index (χ1n) is 7.93. The van der Waals surface area contributed by atoms with Crippen molar-refractivity contribution in [1.82, 2.24) is 9.78 Å². The van der Waals surface area contributed by atoms with Gasteiger partial charge in [0.1, 0.15) is 5.82 Å². The molecule has 146 valence electrons. The standard InChI is InChI=1S/C18H13ClF4N4S/c19-15-7-12(20)6-5-11(15)9-27-10-13(8-24-27)25-17(28)26-16-4-2-1-3-14(16)18(21,22)23/h1-8,10H,9H2,(H2,25,26,28). The largest absolute Gasteiger partial charge is 0.418 e. The van der Waals surface area contributed by atoms with Gasteiger partial charge in [0.25, 0.3) is 0 Å². The topological polar surface area (TPSA) is 41.9 Å². The van der Waals surface area contributed by atoms with E-state index in [0.29, 0.717) is 11.3 Å².